The standard InChI is InChI=1S/C15H21N3OS/c1-7-6-10(7)18-15-11(8-2-3-8)12(16)13(20-15)14(19)17-9-4-5-9/h7-10,18H,2-6,16H2,1H3,(H,17,19). The van der Waals surface area contributed by atoms with Gasteiger partial charge < -0.3 is 16.4 Å². The summed E-state index contributed by atoms with van der Waals surface area (Å²) < 4.78 is 0. The number of carbonyl (C=O) groups excluding carboxylic acids is 1. The van der Waals surface area contributed by atoms with Gasteiger partial charge in [0.25, 0.3) is 5.91 Å². The van der Waals surface area contributed by atoms with Crippen LogP contribution < -0.4 is 16.4 Å². The van der Waals surface area contributed by atoms with Crippen LogP contribution in [0, 0.1) is 5.92 Å². The minimum absolute atomic E-state index is 0.0220. The van der Waals surface area contributed by atoms with Gasteiger partial charge in [0.15, 0.2) is 0 Å². The second-order valence-corrected chi connectivity index (χ2v) is 7.59. The monoisotopic (exact) mass is 291 g/mol. The summed E-state index contributed by atoms with van der Waals surface area (Å²) in [5.74, 6) is 1.34. The van der Waals surface area contributed by atoms with Crippen molar-refractivity contribution in [3.8, 4) is 0 Å². The highest BCUT2D eigenvalue weighted by molar-refractivity contribution is 7.18. The van der Waals surface area contributed by atoms with Crippen LogP contribution >= 0.6 is 11.3 Å². The van der Waals surface area contributed by atoms with E-state index in [9.17, 15) is 4.79 Å². The second kappa shape index (κ2) is 4.38. The van der Waals surface area contributed by atoms with Gasteiger partial charge >= 0.3 is 0 Å². The van der Waals surface area contributed by atoms with Crippen LogP contribution in [0.2, 0.25) is 0 Å². The molecule has 4 nitrogen and oxygen atoms in total. The molecule has 3 fully saturated rings. The third-order valence-electron chi connectivity index (χ3n) is 4.51. The SMILES string of the molecule is CC1CC1Nc1sc(C(=O)NC2CC2)c(N)c1C1CC1. The molecule has 1 amide bonds. The lowest BCUT2D eigenvalue weighted by Crippen LogP contribution is -2.25. The summed E-state index contributed by atoms with van der Waals surface area (Å²) in [6, 6.07) is 0.957. The Morgan fingerprint density at radius 1 is 1.30 bits per heavy atom. The molecule has 1 heterocycles. The fourth-order valence-electron chi connectivity index (χ4n) is 2.68. The molecule has 4 rings (SSSR count). The molecule has 108 valence electrons. The quantitative estimate of drug-likeness (QED) is 0.781. The first-order valence-electron chi connectivity index (χ1n) is 7.63. The number of rotatable bonds is 5. The number of hydrogen-bond donors (Lipinski definition) is 3. The summed E-state index contributed by atoms with van der Waals surface area (Å²) >= 11 is 1.55. The van der Waals surface area contributed by atoms with Crippen molar-refractivity contribution in [2.45, 2.75) is 57.0 Å². The fraction of sp³-hybridized carbons (Fsp3) is 0.667. The summed E-state index contributed by atoms with van der Waals surface area (Å²) in [6.07, 6.45) is 5.86. The molecule has 0 aliphatic heterocycles. The first-order chi connectivity index (χ1) is 9.63. The Bertz CT molecular complexity index is 560. The Balaban J connectivity index is 1.61. The van der Waals surface area contributed by atoms with Crippen LogP contribution in [0.15, 0.2) is 0 Å². The zero-order valence-electron chi connectivity index (χ0n) is 11.7. The Labute approximate surface area is 123 Å². The number of hydrogen-bond acceptors (Lipinski definition) is 4. The highest BCUT2D eigenvalue weighted by Crippen LogP contribution is 2.52. The molecule has 1 aromatic rings. The molecule has 0 bridgehead atoms. The lowest BCUT2D eigenvalue weighted by atomic mass is 10.1. The van der Waals surface area contributed by atoms with Crippen LogP contribution in [0.25, 0.3) is 0 Å². The summed E-state index contributed by atoms with van der Waals surface area (Å²) in [4.78, 5) is 13.0. The van der Waals surface area contributed by atoms with Crippen molar-refractivity contribution in [1.29, 1.82) is 0 Å². The van der Waals surface area contributed by atoms with Gasteiger partial charge in [0, 0.05) is 17.6 Å². The zero-order chi connectivity index (χ0) is 13.9. The van der Waals surface area contributed by atoms with Crippen LogP contribution in [0.5, 0.6) is 0 Å². The lowest BCUT2D eigenvalue weighted by Gasteiger charge is -2.06. The summed E-state index contributed by atoms with van der Waals surface area (Å²) in [7, 11) is 0. The van der Waals surface area contributed by atoms with Crippen molar-refractivity contribution >= 4 is 27.9 Å². The first kappa shape index (κ1) is 12.5. The summed E-state index contributed by atoms with van der Waals surface area (Å²) in [5, 5.41) is 7.80. The van der Waals surface area contributed by atoms with E-state index in [1.165, 1.54) is 24.8 Å². The predicted octanol–water partition coefficient (Wildman–Crippen LogP) is 2.92. The van der Waals surface area contributed by atoms with E-state index < -0.39 is 0 Å². The molecule has 5 heteroatoms. The maximum atomic E-state index is 12.3. The third kappa shape index (κ3) is 2.28. The highest BCUT2D eigenvalue weighted by Gasteiger charge is 2.38. The van der Waals surface area contributed by atoms with Crippen LogP contribution in [0.3, 0.4) is 0 Å². The molecule has 4 N–H and O–H groups in total. The topological polar surface area (TPSA) is 67.2 Å². The minimum atomic E-state index is 0.0220. The van der Waals surface area contributed by atoms with E-state index in [1.54, 1.807) is 11.3 Å². The summed E-state index contributed by atoms with van der Waals surface area (Å²) in [5.41, 5.74) is 8.23. The van der Waals surface area contributed by atoms with Crippen molar-refractivity contribution in [2.24, 2.45) is 5.92 Å². The number of thiophene rings is 1. The molecule has 2 unspecified atom stereocenters. The van der Waals surface area contributed by atoms with E-state index in [4.69, 9.17) is 5.73 Å². The van der Waals surface area contributed by atoms with E-state index >= 15 is 0 Å². The van der Waals surface area contributed by atoms with E-state index in [0.717, 1.165) is 34.3 Å². The molecule has 0 spiro atoms. The largest absolute Gasteiger partial charge is 0.397 e. The first-order valence-corrected chi connectivity index (χ1v) is 8.44. The molecule has 2 atom stereocenters. The van der Waals surface area contributed by atoms with Crippen molar-refractivity contribution < 1.29 is 4.79 Å². The number of nitrogens with two attached hydrogens (primary N) is 1. The van der Waals surface area contributed by atoms with Crippen molar-refractivity contribution in [3.63, 3.8) is 0 Å². The van der Waals surface area contributed by atoms with Gasteiger partial charge in [-0.15, -0.1) is 11.3 Å². The Hall–Kier alpha value is -1.23. The molecule has 3 aliphatic carbocycles. The van der Waals surface area contributed by atoms with Crippen molar-refractivity contribution in [1.82, 2.24) is 5.32 Å². The van der Waals surface area contributed by atoms with Crippen LogP contribution in [-0.4, -0.2) is 18.0 Å². The van der Waals surface area contributed by atoms with Crippen LogP contribution in [-0.2, 0) is 0 Å². The maximum Gasteiger partial charge on any atom is 0.263 e. The number of carbonyl (C=O) groups is 1. The zero-order valence-corrected chi connectivity index (χ0v) is 12.6. The van der Waals surface area contributed by atoms with E-state index in [-0.39, 0.29) is 5.91 Å². The number of amides is 1. The minimum Gasteiger partial charge on any atom is -0.397 e. The smallest absolute Gasteiger partial charge is 0.263 e. The normalized spacial score (nSPS) is 28.2. The van der Waals surface area contributed by atoms with E-state index in [1.807, 2.05) is 0 Å². The number of anilines is 2. The predicted molar refractivity (Wildman–Crippen MR) is 82.4 cm³/mol. The average molecular weight is 291 g/mol. The molecule has 3 saturated carbocycles. The fourth-order valence-corrected chi connectivity index (χ4v) is 3.85. The molecule has 1 aromatic heterocycles. The molecule has 0 radical (unpaired) electrons. The van der Waals surface area contributed by atoms with E-state index in [0.29, 0.717) is 18.0 Å². The lowest BCUT2D eigenvalue weighted by molar-refractivity contribution is 0.0956. The Morgan fingerprint density at radius 2 is 2.00 bits per heavy atom. The van der Waals surface area contributed by atoms with Crippen molar-refractivity contribution in [3.05, 3.63) is 10.4 Å². The second-order valence-electron chi connectivity index (χ2n) is 6.57. The average Bonchev–Trinajstić information content (AvgIpc) is 3.22. The van der Waals surface area contributed by atoms with Gasteiger partial charge in [0.2, 0.25) is 0 Å². The van der Waals surface area contributed by atoms with Gasteiger partial charge in [-0.05, 0) is 43.9 Å². The van der Waals surface area contributed by atoms with Gasteiger partial charge in [-0.1, -0.05) is 6.92 Å². The number of nitrogens with one attached hydrogen (secondary N) is 2. The molecule has 0 aromatic carbocycles. The molecule has 3 aliphatic rings. The summed E-state index contributed by atoms with van der Waals surface area (Å²) in [6.45, 7) is 2.26. The van der Waals surface area contributed by atoms with Crippen molar-refractivity contribution in [2.75, 3.05) is 11.1 Å². The molecule has 0 saturated heterocycles. The Kier molecular flexibility index (Phi) is 2.74. The van der Waals surface area contributed by atoms with Gasteiger partial charge in [0.05, 0.1) is 10.7 Å². The molecule has 20 heavy (non-hydrogen) atoms. The molecular weight excluding hydrogens is 270 g/mol. The molecular formula is C15H21N3OS. The van der Waals surface area contributed by atoms with Gasteiger partial charge in [0.1, 0.15) is 4.88 Å². The highest BCUT2D eigenvalue weighted by atomic mass is 32.1. The van der Waals surface area contributed by atoms with Gasteiger partial charge in [-0.25, -0.2) is 0 Å². The van der Waals surface area contributed by atoms with Crippen LogP contribution in [0.1, 0.15) is 60.2 Å². The Morgan fingerprint density at radius 3 is 2.55 bits per heavy atom. The van der Waals surface area contributed by atoms with Gasteiger partial charge in [-0.3, -0.25) is 4.79 Å². The van der Waals surface area contributed by atoms with Crippen LogP contribution in [0.4, 0.5) is 10.7 Å². The maximum absolute atomic E-state index is 12.3. The third-order valence-corrected chi connectivity index (χ3v) is 5.67. The van der Waals surface area contributed by atoms with E-state index in [2.05, 4.69) is 17.6 Å². The number of nitrogen functional groups attached to an aromatic ring is 1. The van der Waals surface area contributed by atoms with Gasteiger partial charge in [-0.2, -0.15) is 0 Å².